The Bertz CT molecular complexity index is 156. The minimum atomic E-state index is 0.315. The van der Waals surface area contributed by atoms with Gasteiger partial charge in [0.2, 0.25) is 0 Å². The zero-order chi connectivity index (χ0) is 7.98. The summed E-state index contributed by atoms with van der Waals surface area (Å²) in [5.41, 5.74) is 0. The number of rotatable bonds is 2. The molecule has 0 rings (SSSR count). The fraction of sp³-hybridized carbons (Fsp3) is 0.571. The lowest BCUT2D eigenvalue weighted by atomic mass is 10.2. The average molecular weight is 139 g/mol. The van der Waals surface area contributed by atoms with E-state index in [1.165, 1.54) is 6.34 Å². The fourth-order valence-corrected chi connectivity index (χ4v) is 0.489. The van der Waals surface area contributed by atoms with Gasteiger partial charge in [0.1, 0.15) is 12.2 Å². The highest BCUT2D eigenvalue weighted by molar-refractivity contribution is 5.92. The summed E-state index contributed by atoms with van der Waals surface area (Å²) in [5.74, 6) is 1.04. The Hall–Kier alpha value is -0.990. The smallest absolute Gasteiger partial charge is 0.131 e. The highest BCUT2D eigenvalue weighted by Crippen LogP contribution is 1.96. The molecule has 0 spiro atoms. The van der Waals surface area contributed by atoms with Gasteiger partial charge in [-0.2, -0.15) is 0 Å². The van der Waals surface area contributed by atoms with E-state index in [0.717, 1.165) is 5.84 Å². The average Bonchev–Trinajstić information content (AvgIpc) is 1.89. The molecule has 3 heteroatoms. The molecule has 0 amide bonds. The second-order valence-electron chi connectivity index (χ2n) is 2.17. The van der Waals surface area contributed by atoms with Gasteiger partial charge in [-0.3, -0.25) is 4.99 Å². The van der Waals surface area contributed by atoms with Gasteiger partial charge in [-0.15, -0.1) is 0 Å². The van der Waals surface area contributed by atoms with Crippen molar-refractivity contribution in [3.8, 4) is 0 Å². The van der Waals surface area contributed by atoms with Gasteiger partial charge >= 0.3 is 0 Å². The lowest BCUT2D eigenvalue weighted by Gasteiger charge is -1.99. The largest absolute Gasteiger partial charge is 0.277 e. The van der Waals surface area contributed by atoms with Crippen LogP contribution in [0.15, 0.2) is 15.0 Å². The molecule has 0 heterocycles. The SMILES string of the molecule is C=N/C(=N\C=N/C)C(C)C. The van der Waals surface area contributed by atoms with Crippen molar-refractivity contribution in [2.24, 2.45) is 20.9 Å². The third-order valence-corrected chi connectivity index (χ3v) is 0.984. The fourth-order valence-electron chi connectivity index (χ4n) is 0.489. The maximum Gasteiger partial charge on any atom is 0.131 e. The second kappa shape index (κ2) is 4.85. The van der Waals surface area contributed by atoms with Crippen LogP contribution in [-0.4, -0.2) is 25.9 Å². The summed E-state index contributed by atoms with van der Waals surface area (Å²) < 4.78 is 0. The summed E-state index contributed by atoms with van der Waals surface area (Å²) in [6.45, 7) is 7.41. The van der Waals surface area contributed by atoms with Crippen molar-refractivity contribution in [1.29, 1.82) is 0 Å². The molecule has 0 saturated carbocycles. The van der Waals surface area contributed by atoms with Gasteiger partial charge < -0.3 is 0 Å². The summed E-state index contributed by atoms with van der Waals surface area (Å²) in [6, 6.07) is 0. The van der Waals surface area contributed by atoms with Crippen molar-refractivity contribution < 1.29 is 0 Å². The minimum absolute atomic E-state index is 0.315. The predicted molar refractivity (Wildman–Crippen MR) is 46.2 cm³/mol. The van der Waals surface area contributed by atoms with Crippen LogP contribution in [0.25, 0.3) is 0 Å². The quantitative estimate of drug-likeness (QED) is 0.409. The Morgan fingerprint density at radius 1 is 1.50 bits per heavy atom. The Labute approximate surface area is 61.6 Å². The van der Waals surface area contributed by atoms with E-state index >= 15 is 0 Å². The molecule has 10 heavy (non-hydrogen) atoms. The molecule has 3 nitrogen and oxygen atoms in total. The zero-order valence-electron chi connectivity index (χ0n) is 6.70. The molecule has 0 bridgehead atoms. The van der Waals surface area contributed by atoms with Crippen molar-refractivity contribution >= 4 is 18.9 Å². The van der Waals surface area contributed by atoms with Crippen molar-refractivity contribution in [3.05, 3.63) is 0 Å². The molecule has 56 valence electrons. The van der Waals surface area contributed by atoms with Crippen molar-refractivity contribution in [3.63, 3.8) is 0 Å². The van der Waals surface area contributed by atoms with E-state index in [-0.39, 0.29) is 0 Å². The summed E-state index contributed by atoms with van der Waals surface area (Å²) in [4.78, 5) is 11.4. The van der Waals surface area contributed by atoms with Crippen molar-refractivity contribution in [1.82, 2.24) is 0 Å². The van der Waals surface area contributed by atoms with Crippen LogP contribution < -0.4 is 0 Å². The van der Waals surface area contributed by atoms with Crippen LogP contribution in [0, 0.1) is 5.92 Å². The molecule has 0 fully saturated rings. The molecule has 0 aliphatic heterocycles. The first-order valence-corrected chi connectivity index (χ1v) is 3.17. The lowest BCUT2D eigenvalue weighted by molar-refractivity contribution is 0.876. The van der Waals surface area contributed by atoms with E-state index in [1.54, 1.807) is 7.05 Å². The van der Waals surface area contributed by atoms with Gasteiger partial charge in [0.05, 0.1) is 0 Å². The third kappa shape index (κ3) is 3.12. The summed E-state index contributed by atoms with van der Waals surface area (Å²) in [7, 11) is 1.67. The van der Waals surface area contributed by atoms with Gasteiger partial charge in [0.15, 0.2) is 0 Å². The molecular weight excluding hydrogens is 126 g/mol. The Morgan fingerprint density at radius 3 is 2.40 bits per heavy atom. The van der Waals surface area contributed by atoms with E-state index in [4.69, 9.17) is 0 Å². The Balaban J connectivity index is 4.18. The van der Waals surface area contributed by atoms with Crippen LogP contribution in [-0.2, 0) is 0 Å². The molecule has 0 aromatic carbocycles. The van der Waals surface area contributed by atoms with Crippen LogP contribution in [0.5, 0.6) is 0 Å². The van der Waals surface area contributed by atoms with E-state index in [0.29, 0.717) is 5.92 Å². The maximum atomic E-state index is 3.96. The molecular formula is C7H13N3. The summed E-state index contributed by atoms with van der Waals surface area (Å²) >= 11 is 0. The van der Waals surface area contributed by atoms with Crippen LogP contribution in [0.3, 0.4) is 0 Å². The number of amidine groups is 1. The lowest BCUT2D eigenvalue weighted by Crippen LogP contribution is -2.03. The molecule has 0 N–H and O–H groups in total. The predicted octanol–water partition coefficient (Wildman–Crippen LogP) is 1.40. The standard InChI is InChI=1S/C7H13N3/c1-6(2)7(9-4)10-5-8-3/h5-6H,4H2,1-3H3/b8-5-,10-7-. The first-order chi connectivity index (χ1) is 4.72. The van der Waals surface area contributed by atoms with E-state index in [9.17, 15) is 0 Å². The molecule has 0 radical (unpaired) electrons. The van der Waals surface area contributed by atoms with Crippen LogP contribution >= 0.6 is 0 Å². The summed E-state index contributed by atoms with van der Waals surface area (Å²) in [5, 5.41) is 0. The highest BCUT2D eigenvalue weighted by atomic mass is 14.9. The van der Waals surface area contributed by atoms with Gasteiger partial charge in [-0.1, -0.05) is 13.8 Å². The molecule has 0 aromatic heterocycles. The topological polar surface area (TPSA) is 37.1 Å². The molecule has 0 atom stereocenters. The van der Waals surface area contributed by atoms with E-state index < -0.39 is 0 Å². The molecule has 0 aliphatic carbocycles. The Morgan fingerprint density at radius 2 is 2.10 bits per heavy atom. The van der Waals surface area contributed by atoms with E-state index in [1.807, 2.05) is 13.8 Å². The Kier molecular flexibility index (Phi) is 4.37. The number of hydrogen-bond donors (Lipinski definition) is 0. The zero-order valence-corrected chi connectivity index (χ0v) is 6.70. The minimum Gasteiger partial charge on any atom is -0.277 e. The molecule has 0 unspecified atom stereocenters. The number of aliphatic imine (C=N–C) groups is 3. The summed E-state index contributed by atoms with van der Waals surface area (Å²) in [6.07, 6.45) is 1.48. The highest BCUT2D eigenvalue weighted by Gasteiger charge is 1.98. The van der Waals surface area contributed by atoms with Gasteiger partial charge in [-0.05, 0) is 6.72 Å². The monoisotopic (exact) mass is 139 g/mol. The second-order valence-corrected chi connectivity index (χ2v) is 2.17. The van der Waals surface area contributed by atoms with Crippen molar-refractivity contribution in [2.75, 3.05) is 7.05 Å². The third-order valence-electron chi connectivity index (χ3n) is 0.984. The number of nitrogens with zero attached hydrogens (tertiary/aromatic N) is 3. The first kappa shape index (κ1) is 9.01. The number of hydrogen-bond acceptors (Lipinski definition) is 1. The van der Waals surface area contributed by atoms with Gasteiger partial charge in [0, 0.05) is 13.0 Å². The van der Waals surface area contributed by atoms with Crippen LogP contribution in [0.2, 0.25) is 0 Å². The van der Waals surface area contributed by atoms with Crippen LogP contribution in [0.1, 0.15) is 13.8 Å². The molecule has 0 aromatic rings. The maximum absolute atomic E-state index is 3.96. The van der Waals surface area contributed by atoms with Gasteiger partial charge in [0.25, 0.3) is 0 Å². The first-order valence-electron chi connectivity index (χ1n) is 3.17. The van der Waals surface area contributed by atoms with E-state index in [2.05, 4.69) is 21.7 Å². The van der Waals surface area contributed by atoms with Crippen LogP contribution in [0.4, 0.5) is 0 Å². The molecule has 0 aliphatic rings. The normalized spacial score (nSPS) is 13.0. The van der Waals surface area contributed by atoms with Crippen molar-refractivity contribution in [2.45, 2.75) is 13.8 Å². The van der Waals surface area contributed by atoms with Gasteiger partial charge in [-0.25, -0.2) is 9.98 Å². The molecule has 0 saturated heterocycles.